The standard InChI is InChI=1S/C28H30N6O3/c1-16(29)17-8-10-18(11-9-17)21-15-31-25-24(21)27(37-20-6-4-5-7-20)34-28(33-25)32-22-13-12-19(26(35)30-2)14-23(22)36-3/h8-15,20,29H,4-7H2,1-3H3,(H,30,35)(H2,31,32,33,34). The number of hydrogen-bond acceptors (Lipinski definition) is 7. The van der Waals surface area contributed by atoms with Crippen molar-refractivity contribution in [1.29, 1.82) is 5.41 Å². The SMILES string of the molecule is CNC(=O)c1ccc(Nc2nc(OC3CCCC3)c3c(-c4ccc(C(C)=N)cc4)c[nH]c3n2)c(OC)c1. The number of rotatable bonds is 8. The molecule has 4 N–H and O–H groups in total. The van der Waals surface area contributed by atoms with Crippen LogP contribution in [0.4, 0.5) is 11.6 Å². The molecule has 0 bridgehead atoms. The van der Waals surface area contributed by atoms with Crippen LogP contribution in [-0.4, -0.2) is 46.8 Å². The molecular formula is C28H30N6O3. The van der Waals surface area contributed by atoms with Gasteiger partial charge in [-0.25, -0.2) is 0 Å². The number of carbonyl (C=O) groups excluding carboxylic acids is 1. The van der Waals surface area contributed by atoms with Gasteiger partial charge in [0.15, 0.2) is 0 Å². The van der Waals surface area contributed by atoms with Crippen LogP contribution in [-0.2, 0) is 0 Å². The molecule has 0 saturated heterocycles. The van der Waals surface area contributed by atoms with E-state index in [0.717, 1.165) is 47.8 Å². The van der Waals surface area contributed by atoms with E-state index in [9.17, 15) is 4.79 Å². The van der Waals surface area contributed by atoms with E-state index in [0.29, 0.717) is 40.2 Å². The molecule has 9 heteroatoms. The van der Waals surface area contributed by atoms with E-state index in [1.54, 1.807) is 39.3 Å². The van der Waals surface area contributed by atoms with Crippen LogP contribution in [0.5, 0.6) is 11.6 Å². The number of H-pyrrole nitrogens is 1. The van der Waals surface area contributed by atoms with Crippen LogP contribution < -0.4 is 20.1 Å². The highest BCUT2D eigenvalue weighted by molar-refractivity contribution is 6.00. The average molecular weight is 499 g/mol. The third-order valence-electron chi connectivity index (χ3n) is 6.65. The van der Waals surface area contributed by atoms with Gasteiger partial charge in [0, 0.05) is 30.1 Å². The van der Waals surface area contributed by atoms with Crippen LogP contribution in [0.25, 0.3) is 22.2 Å². The number of fused-ring (bicyclic) bond motifs is 1. The van der Waals surface area contributed by atoms with Crippen molar-refractivity contribution in [2.75, 3.05) is 19.5 Å². The summed E-state index contributed by atoms with van der Waals surface area (Å²) >= 11 is 0. The summed E-state index contributed by atoms with van der Waals surface area (Å²) in [6, 6.07) is 13.0. The molecule has 4 aromatic rings. The number of carbonyl (C=O) groups is 1. The van der Waals surface area contributed by atoms with E-state index in [4.69, 9.17) is 24.9 Å². The molecule has 37 heavy (non-hydrogen) atoms. The minimum Gasteiger partial charge on any atom is -0.495 e. The maximum atomic E-state index is 12.0. The van der Waals surface area contributed by atoms with Gasteiger partial charge in [-0.05, 0) is 61.9 Å². The van der Waals surface area contributed by atoms with E-state index in [1.165, 1.54) is 0 Å². The number of ether oxygens (including phenoxy) is 2. The van der Waals surface area contributed by atoms with Crippen LogP contribution in [0.2, 0.25) is 0 Å². The van der Waals surface area contributed by atoms with Crippen LogP contribution in [0.1, 0.15) is 48.5 Å². The lowest BCUT2D eigenvalue weighted by atomic mass is 10.0. The number of nitrogens with zero attached hydrogens (tertiary/aromatic N) is 2. The highest BCUT2D eigenvalue weighted by Crippen LogP contribution is 2.37. The first-order chi connectivity index (χ1) is 18.0. The zero-order valence-corrected chi connectivity index (χ0v) is 21.1. The normalized spacial score (nSPS) is 13.5. The van der Waals surface area contributed by atoms with Crippen LogP contribution >= 0.6 is 0 Å². The van der Waals surface area contributed by atoms with E-state index in [1.807, 2.05) is 30.5 Å². The number of aromatic amines is 1. The summed E-state index contributed by atoms with van der Waals surface area (Å²) in [7, 11) is 3.14. The Balaban J connectivity index is 1.55. The molecule has 1 fully saturated rings. The van der Waals surface area contributed by atoms with Crippen molar-refractivity contribution in [3.63, 3.8) is 0 Å². The first-order valence-electron chi connectivity index (χ1n) is 12.4. The number of nitrogens with one attached hydrogen (secondary N) is 4. The number of hydrogen-bond donors (Lipinski definition) is 4. The number of methoxy groups -OCH3 is 1. The minimum absolute atomic E-state index is 0.109. The van der Waals surface area contributed by atoms with Gasteiger partial charge in [0.2, 0.25) is 11.8 Å². The second-order valence-corrected chi connectivity index (χ2v) is 9.12. The Morgan fingerprint density at radius 3 is 2.49 bits per heavy atom. The summed E-state index contributed by atoms with van der Waals surface area (Å²) in [6.45, 7) is 1.78. The molecule has 9 nitrogen and oxygen atoms in total. The molecular weight excluding hydrogens is 468 g/mol. The summed E-state index contributed by atoms with van der Waals surface area (Å²) in [6.07, 6.45) is 6.30. The molecule has 1 aliphatic carbocycles. The second kappa shape index (κ2) is 10.3. The monoisotopic (exact) mass is 498 g/mol. The molecule has 1 saturated carbocycles. The first kappa shape index (κ1) is 24.3. The molecule has 0 radical (unpaired) electrons. The third-order valence-corrected chi connectivity index (χ3v) is 6.65. The van der Waals surface area contributed by atoms with Crippen LogP contribution in [0, 0.1) is 5.41 Å². The Kier molecular flexibility index (Phi) is 6.76. The van der Waals surface area contributed by atoms with Gasteiger partial charge in [-0.3, -0.25) is 4.79 Å². The van der Waals surface area contributed by atoms with Gasteiger partial charge < -0.3 is 30.5 Å². The predicted octanol–water partition coefficient (Wildman–Crippen LogP) is 5.45. The molecule has 2 aromatic carbocycles. The summed E-state index contributed by atoms with van der Waals surface area (Å²) in [5.74, 6) is 1.17. The van der Waals surface area contributed by atoms with Crippen molar-refractivity contribution in [3.8, 4) is 22.8 Å². The lowest BCUT2D eigenvalue weighted by Crippen LogP contribution is -2.17. The Bertz CT molecular complexity index is 1460. The molecule has 0 atom stereocenters. The van der Waals surface area contributed by atoms with E-state index in [-0.39, 0.29) is 12.0 Å². The predicted molar refractivity (Wildman–Crippen MR) is 144 cm³/mol. The quantitative estimate of drug-likeness (QED) is 0.240. The van der Waals surface area contributed by atoms with Gasteiger partial charge in [0.1, 0.15) is 17.5 Å². The van der Waals surface area contributed by atoms with Crippen molar-refractivity contribution in [2.24, 2.45) is 0 Å². The number of anilines is 2. The van der Waals surface area contributed by atoms with Gasteiger partial charge in [-0.15, -0.1) is 0 Å². The van der Waals surface area contributed by atoms with Crippen LogP contribution in [0.3, 0.4) is 0 Å². The summed E-state index contributed by atoms with van der Waals surface area (Å²) in [4.78, 5) is 24.8. The molecule has 1 amide bonds. The Morgan fingerprint density at radius 1 is 1.08 bits per heavy atom. The van der Waals surface area contributed by atoms with Gasteiger partial charge in [0.05, 0.1) is 18.2 Å². The zero-order valence-electron chi connectivity index (χ0n) is 21.1. The first-order valence-corrected chi connectivity index (χ1v) is 12.4. The number of benzene rings is 2. The highest BCUT2D eigenvalue weighted by Gasteiger charge is 2.23. The largest absolute Gasteiger partial charge is 0.495 e. The maximum absolute atomic E-state index is 12.0. The summed E-state index contributed by atoms with van der Waals surface area (Å²) in [5, 5.41) is 14.5. The molecule has 0 spiro atoms. The minimum atomic E-state index is -0.197. The second-order valence-electron chi connectivity index (χ2n) is 9.12. The average Bonchev–Trinajstić information content (AvgIpc) is 3.58. The van der Waals surface area contributed by atoms with Crippen molar-refractivity contribution >= 4 is 34.3 Å². The zero-order chi connectivity index (χ0) is 25.9. The fraction of sp³-hybridized carbons (Fsp3) is 0.286. The maximum Gasteiger partial charge on any atom is 0.251 e. The molecule has 5 rings (SSSR count). The van der Waals surface area contributed by atoms with Crippen molar-refractivity contribution < 1.29 is 14.3 Å². The molecule has 0 aliphatic heterocycles. The Hall–Kier alpha value is -4.40. The van der Waals surface area contributed by atoms with E-state index >= 15 is 0 Å². The van der Waals surface area contributed by atoms with Crippen molar-refractivity contribution in [2.45, 2.75) is 38.7 Å². The third kappa shape index (κ3) is 4.97. The lowest BCUT2D eigenvalue weighted by molar-refractivity contribution is 0.0962. The molecule has 0 unspecified atom stereocenters. The molecule has 190 valence electrons. The Labute approximate surface area is 215 Å². The van der Waals surface area contributed by atoms with Gasteiger partial charge in [-0.2, -0.15) is 9.97 Å². The topological polar surface area (TPSA) is 125 Å². The van der Waals surface area contributed by atoms with Crippen LogP contribution in [0.15, 0.2) is 48.7 Å². The highest BCUT2D eigenvalue weighted by atomic mass is 16.5. The Morgan fingerprint density at radius 2 is 1.81 bits per heavy atom. The molecule has 2 aromatic heterocycles. The smallest absolute Gasteiger partial charge is 0.251 e. The number of aromatic nitrogens is 3. The van der Waals surface area contributed by atoms with E-state index in [2.05, 4.69) is 15.6 Å². The fourth-order valence-corrected chi connectivity index (χ4v) is 4.63. The fourth-order valence-electron chi connectivity index (χ4n) is 4.63. The van der Waals surface area contributed by atoms with E-state index < -0.39 is 0 Å². The summed E-state index contributed by atoms with van der Waals surface area (Å²) in [5.41, 5.74) is 5.10. The van der Waals surface area contributed by atoms with Gasteiger partial charge >= 0.3 is 0 Å². The molecule has 2 heterocycles. The summed E-state index contributed by atoms with van der Waals surface area (Å²) < 4.78 is 12.0. The number of amides is 1. The van der Waals surface area contributed by atoms with Gasteiger partial charge in [0.25, 0.3) is 5.91 Å². The lowest BCUT2D eigenvalue weighted by Gasteiger charge is -2.16. The van der Waals surface area contributed by atoms with Crippen molar-refractivity contribution in [3.05, 3.63) is 59.8 Å². The van der Waals surface area contributed by atoms with Crippen molar-refractivity contribution in [1.82, 2.24) is 20.3 Å². The van der Waals surface area contributed by atoms with Gasteiger partial charge in [-0.1, -0.05) is 24.3 Å². The molecule has 1 aliphatic rings.